The molecule has 0 heterocycles. The molecule has 80 valence electrons. The molecule has 15 heavy (non-hydrogen) atoms. The maximum atomic E-state index is 11.5. The summed E-state index contributed by atoms with van der Waals surface area (Å²) in [6, 6.07) is 1.99. The van der Waals surface area contributed by atoms with Crippen LogP contribution in [0.2, 0.25) is 0 Å². The van der Waals surface area contributed by atoms with Gasteiger partial charge in [0.1, 0.15) is 0 Å². The monoisotopic (exact) mass is 202 g/mol. The third kappa shape index (κ3) is 2.17. The van der Waals surface area contributed by atoms with Crippen molar-refractivity contribution in [2.24, 2.45) is 0 Å². The third-order valence-corrected chi connectivity index (χ3v) is 2.88. The van der Waals surface area contributed by atoms with Crippen LogP contribution < -0.4 is 0 Å². The molecule has 0 aliphatic carbocycles. The molecule has 1 aromatic carbocycles. The number of aryl methyl sites for hydroxylation is 1. The first-order valence-electron chi connectivity index (χ1n) is 5.23. The minimum atomic E-state index is 0.140. The van der Waals surface area contributed by atoms with Crippen molar-refractivity contribution in [3.8, 4) is 0 Å². The van der Waals surface area contributed by atoms with E-state index in [-0.39, 0.29) is 5.78 Å². The van der Waals surface area contributed by atoms with Gasteiger partial charge in [0.25, 0.3) is 0 Å². The molecular formula is C14H18O. The van der Waals surface area contributed by atoms with Gasteiger partial charge in [-0.1, -0.05) is 12.2 Å². The molecular weight excluding hydrogens is 184 g/mol. The lowest BCUT2D eigenvalue weighted by atomic mass is 9.92. The number of Topliss-reactive ketones (excluding diaryl/α,β-unsaturated/α-hetero) is 1. The van der Waals surface area contributed by atoms with E-state index in [1.807, 2.05) is 32.9 Å². The Kier molecular flexibility index (Phi) is 3.46. The first kappa shape index (κ1) is 11.7. The number of carbonyl (C=O) groups excluding carboxylic acids is 1. The van der Waals surface area contributed by atoms with Crippen molar-refractivity contribution in [3.63, 3.8) is 0 Å². The van der Waals surface area contributed by atoms with Crippen LogP contribution in [0.4, 0.5) is 0 Å². The second-order valence-electron chi connectivity index (χ2n) is 3.96. The summed E-state index contributed by atoms with van der Waals surface area (Å²) in [5.74, 6) is 0.140. The van der Waals surface area contributed by atoms with Gasteiger partial charge in [-0.3, -0.25) is 4.79 Å². The summed E-state index contributed by atoms with van der Waals surface area (Å²) >= 11 is 0. The zero-order chi connectivity index (χ0) is 11.6. The molecule has 0 amide bonds. The van der Waals surface area contributed by atoms with Crippen LogP contribution in [0.25, 0.3) is 6.08 Å². The van der Waals surface area contributed by atoms with E-state index < -0.39 is 0 Å². The van der Waals surface area contributed by atoms with Gasteiger partial charge in [0.2, 0.25) is 0 Å². The lowest BCUT2D eigenvalue weighted by Gasteiger charge is -2.12. The lowest BCUT2D eigenvalue weighted by Crippen LogP contribution is -2.02. The maximum Gasteiger partial charge on any atom is 0.160 e. The van der Waals surface area contributed by atoms with Gasteiger partial charge in [-0.15, -0.1) is 0 Å². The Labute approximate surface area is 91.8 Å². The van der Waals surface area contributed by atoms with Gasteiger partial charge in [0, 0.05) is 5.56 Å². The molecule has 0 saturated carbocycles. The van der Waals surface area contributed by atoms with E-state index in [0.717, 1.165) is 11.1 Å². The molecule has 0 aromatic heterocycles. The van der Waals surface area contributed by atoms with Crippen molar-refractivity contribution in [1.29, 1.82) is 0 Å². The van der Waals surface area contributed by atoms with Crippen molar-refractivity contribution < 1.29 is 4.79 Å². The van der Waals surface area contributed by atoms with Crippen LogP contribution in [0.5, 0.6) is 0 Å². The summed E-state index contributed by atoms with van der Waals surface area (Å²) in [6.45, 7) is 9.78. The van der Waals surface area contributed by atoms with Crippen molar-refractivity contribution in [3.05, 3.63) is 40.0 Å². The predicted octanol–water partition coefficient (Wildman–Crippen LogP) is 3.85. The fourth-order valence-electron chi connectivity index (χ4n) is 1.85. The van der Waals surface area contributed by atoms with E-state index in [4.69, 9.17) is 0 Å². The Hall–Kier alpha value is -1.37. The first-order chi connectivity index (χ1) is 6.99. The highest BCUT2D eigenvalue weighted by molar-refractivity contribution is 5.97. The zero-order valence-electron chi connectivity index (χ0n) is 10.1. The Morgan fingerprint density at radius 1 is 1.20 bits per heavy atom. The minimum absolute atomic E-state index is 0.140. The number of rotatable bonds is 2. The third-order valence-electron chi connectivity index (χ3n) is 2.88. The summed E-state index contributed by atoms with van der Waals surface area (Å²) in [4.78, 5) is 11.5. The molecule has 0 radical (unpaired) electrons. The SMILES string of the molecule is C/C=C\c1c(C)c(C)cc(C(C)=O)c1C. The molecule has 0 N–H and O–H groups in total. The molecule has 0 bridgehead atoms. The highest BCUT2D eigenvalue weighted by Gasteiger charge is 2.10. The Balaban J connectivity index is 3.55. The van der Waals surface area contributed by atoms with Crippen LogP contribution in [0.3, 0.4) is 0 Å². The lowest BCUT2D eigenvalue weighted by molar-refractivity contribution is 0.101. The van der Waals surface area contributed by atoms with Crippen LogP contribution in [0.15, 0.2) is 12.1 Å². The van der Waals surface area contributed by atoms with Gasteiger partial charge < -0.3 is 0 Å². The summed E-state index contributed by atoms with van der Waals surface area (Å²) in [5.41, 5.74) is 5.55. The van der Waals surface area contributed by atoms with Crippen LogP contribution in [-0.2, 0) is 0 Å². The predicted molar refractivity (Wildman–Crippen MR) is 65.4 cm³/mol. The quantitative estimate of drug-likeness (QED) is 0.666. The van der Waals surface area contributed by atoms with Crippen LogP contribution >= 0.6 is 0 Å². The molecule has 0 unspecified atom stereocenters. The maximum absolute atomic E-state index is 11.5. The van der Waals surface area contributed by atoms with E-state index >= 15 is 0 Å². The molecule has 0 saturated heterocycles. The number of hydrogen-bond donors (Lipinski definition) is 0. The molecule has 1 rings (SSSR count). The topological polar surface area (TPSA) is 17.1 Å². The van der Waals surface area contributed by atoms with E-state index in [1.165, 1.54) is 16.7 Å². The summed E-state index contributed by atoms with van der Waals surface area (Å²) in [7, 11) is 0. The van der Waals surface area contributed by atoms with Crippen molar-refractivity contribution >= 4 is 11.9 Å². The average Bonchev–Trinajstić information content (AvgIpc) is 2.18. The summed E-state index contributed by atoms with van der Waals surface area (Å²) < 4.78 is 0. The second-order valence-corrected chi connectivity index (χ2v) is 3.96. The fraction of sp³-hybridized carbons (Fsp3) is 0.357. The van der Waals surface area contributed by atoms with Crippen molar-refractivity contribution in [2.45, 2.75) is 34.6 Å². The molecule has 1 aromatic rings. The molecule has 0 atom stereocenters. The highest BCUT2D eigenvalue weighted by atomic mass is 16.1. The van der Waals surface area contributed by atoms with E-state index in [0.29, 0.717) is 0 Å². The summed E-state index contributed by atoms with van der Waals surface area (Å²) in [5, 5.41) is 0. The molecule has 1 heteroatoms. The number of hydrogen-bond acceptors (Lipinski definition) is 1. The Bertz CT molecular complexity index is 425. The van der Waals surface area contributed by atoms with Gasteiger partial charge in [-0.25, -0.2) is 0 Å². The second kappa shape index (κ2) is 4.43. The van der Waals surface area contributed by atoms with Crippen LogP contribution in [0, 0.1) is 20.8 Å². The van der Waals surface area contributed by atoms with E-state index in [9.17, 15) is 4.79 Å². The molecule has 1 nitrogen and oxygen atoms in total. The summed E-state index contributed by atoms with van der Waals surface area (Å²) in [6.07, 6.45) is 4.09. The van der Waals surface area contributed by atoms with Gasteiger partial charge in [-0.05, 0) is 62.9 Å². The zero-order valence-corrected chi connectivity index (χ0v) is 10.1. The number of benzene rings is 1. The fourth-order valence-corrected chi connectivity index (χ4v) is 1.85. The standard InChI is InChI=1S/C14H18O/c1-6-7-13-10(3)9(2)8-14(11(13)4)12(5)15/h6-8H,1-5H3/b7-6-. The largest absolute Gasteiger partial charge is 0.295 e. The first-order valence-corrected chi connectivity index (χ1v) is 5.23. The molecule has 0 aliphatic heterocycles. The number of ketones is 1. The van der Waals surface area contributed by atoms with Crippen molar-refractivity contribution in [2.75, 3.05) is 0 Å². The van der Waals surface area contributed by atoms with E-state index in [1.54, 1.807) is 6.92 Å². The van der Waals surface area contributed by atoms with E-state index in [2.05, 4.69) is 13.0 Å². The average molecular weight is 202 g/mol. The van der Waals surface area contributed by atoms with Crippen LogP contribution in [0.1, 0.15) is 46.5 Å². The van der Waals surface area contributed by atoms with Gasteiger partial charge in [0.15, 0.2) is 5.78 Å². The van der Waals surface area contributed by atoms with Gasteiger partial charge >= 0.3 is 0 Å². The van der Waals surface area contributed by atoms with Crippen LogP contribution in [-0.4, -0.2) is 5.78 Å². The normalized spacial score (nSPS) is 11.0. The molecule has 0 fully saturated rings. The van der Waals surface area contributed by atoms with Gasteiger partial charge in [0.05, 0.1) is 0 Å². The molecule has 0 spiro atoms. The Morgan fingerprint density at radius 3 is 2.27 bits per heavy atom. The van der Waals surface area contributed by atoms with Crippen molar-refractivity contribution in [1.82, 2.24) is 0 Å². The number of carbonyl (C=O) groups is 1. The highest BCUT2D eigenvalue weighted by Crippen LogP contribution is 2.23. The Morgan fingerprint density at radius 2 is 1.80 bits per heavy atom. The molecule has 0 aliphatic rings. The smallest absolute Gasteiger partial charge is 0.160 e. The minimum Gasteiger partial charge on any atom is -0.295 e. The number of allylic oxidation sites excluding steroid dienone is 1. The van der Waals surface area contributed by atoms with Gasteiger partial charge in [-0.2, -0.15) is 0 Å².